The third-order valence-electron chi connectivity index (χ3n) is 2.97. The zero-order chi connectivity index (χ0) is 10.7. The monoisotopic (exact) mass is 269 g/mol. The molecule has 0 spiro atoms. The number of rotatable bonds is 2. The van der Waals surface area contributed by atoms with Gasteiger partial charge in [-0.3, -0.25) is 0 Å². The molecule has 1 aromatic carbocycles. The van der Waals surface area contributed by atoms with Crippen LogP contribution in [0.3, 0.4) is 0 Å². The summed E-state index contributed by atoms with van der Waals surface area (Å²) < 4.78 is 6.54. The van der Waals surface area contributed by atoms with Gasteiger partial charge in [0.2, 0.25) is 0 Å². The highest BCUT2D eigenvalue weighted by Gasteiger charge is 2.19. The molecule has 1 aliphatic rings. The van der Waals surface area contributed by atoms with E-state index in [-0.39, 0.29) is 0 Å². The minimum atomic E-state index is 0.609. The summed E-state index contributed by atoms with van der Waals surface area (Å²) in [6, 6.07) is 8.98. The highest BCUT2D eigenvalue weighted by atomic mass is 79.9. The van der Waals surface area contributed by atoms with E-state index in [0.29, 0.717) is 6.04 Å². The maximum Gasteiger partial charge on any atom is 0.0510 e. The second-order valence-electron chi connectivity index (χ2n) is 3.91. The Morgan fingerprint density at radius 1 is 1.27 bits per heavy atom. The summed E-state index contributed by atoms with van der Waals surface area (Å²) in [5.41, 5.74) is 1.27. The average molecular weight is 270 g/mol. The summed E-state index contributed by atoms with van der Waals surface area (Å²) in [7, 11) is 2.16. The molecule has 3 heteroatoms. The molecule has 0 unspecified atom stereocenters. The van der Waals surface area contributed by atoms with Crippen LogP contribution >= 0.6 is 15.9 Å². The number of halogens is 1. The van der Waals surface area contributed by atoms with E-state index >= 15 is 0 Å². The van der Waals surface area contributed by atoms with E-state index in [2.05, 4.69) is 46.1 Å². The van der Waals surface area contributed by atoms with E-state index < -0.39 is 0 Å². The van der Waals surface area contributed by atoms with E-state index in [9.17, 15) is 0 Å². The van der Waals surface area contributed by atoms with Crippen molar-refractivity contribution in [2.24, 2.45) is 0 Å². The molecule has 1 saturated heterocycles. The number of ether oxygens (including phenoxy) is 1. The summed E-state index contributed by atoms with van der Waals surface area (Å²) in [5.74, 6) is 0. The fraction of sp³-hybridized carbons (Fsp3) is 0.500. The average Bonchev–Trinajstić information content (AvgIpc) is 2.30. The van der Waals surface area contributed by atoms with Crippen molar-refractivity contribution in [2.45, 2.75) is 18.9 Å². The predicted molar refractivity (Wildman–Crippen MR) is 66.4 cm³/mol. The van der Waals surface area contributed by atoms with Gasteiger partial charge in [-0.05, 0) is 40.9 Å². The number of hydrogen-bond donors (Lipinski definition) is 0. The first kappa shape index (κ1) is 11.0. The summed E-state index contributed by atoms with van der Waals surface area (Å²) in [4.78, 5) is 2.35. The molecule has 2 rings (SSSR count). The van der Waals surface area contributed by atoms with Gasteiger partial charge in [-0.15, -0.1) is 0 Å². The van der Waals surface area contributed by atoms with Gasteiger partial charge in [-0.25, -0.2) is 0 Å². The van der Waals surface area contributed by atoms with Gasteiger partial charge in [-0.2, -0.15) is 0 Å². The van der Waals surface area contributed by atoms with Crippen molar-refractivity contribution in [3.63, 3.8) is 0 Å². The summed E-state index contributed by atoms with van der Waals surface area (Å²) >= 11 is 3.59. The molecule has 1 heterocycles. The molecule has 0 aliphatic carbocycles. The SMILES string of the molecule is CN(c1ccccc1Br)C1CCOCC1. The molecule has 0 amide bonds. The van der Waals surface area contributed by atoms with Gasteiger partial charge in [0.15, 0.2) is 0 Å². The van der Waals surface area contributed by atoms with E-state index in [1.54, 1.807) is 0 Å². The van der Waals surface area contributed by atoms with Crippen LogP contribution in [0.5, 0.6) is 0 Å². The van der Waals surface area contributed by atoms with Crippen molar-refractivity contribution in [1.29, 1.82) is 0 Å². The van der Waals surface area contributed by atoms with E-state index in [4.69, 9.17) is 4.74 Å². The number of nitrogens with zero attached hydrogens (tertiary/aromatic N) is 1. The summed E-state index contributed by atoms with van der Waals surface area (Å²) in [5, 5.41) is 0. The van der Waals surface area contributed by atoms with E-state index in [1.807, 2.05) is 6.07 Å². The maximum atomic E-state index is 5.38. The Hall–Kier alpha value is -0.540. The van der Waals surface area contributed by atoms with E-state index in [1.165, 1.54) is 10.2 Å². The van der Waals surface area contributed by atoms with E-state index in [0.717, 1.165) is 26.1 Å². The number of anilines is 1. The van der Waals surface area contributed by atoms with Gasteiger partial charge in [-0.1, -0.05) is 12.1 Å². The molecule has 1 aromatic rings. The van der Waals surface area contributed by atoms with Crippen LogP contribution in [0.15, 0.2) is 28.7 Å². The van der Waals surface area contributed by atoms with Crippen LogP contribution in [0, 0.1) is 0 Å². The fourth-order valence-corrected chi connectivity index (χ4v) is 2.57. The van der Waals surface area contributed by atoms with Crippen LogP contribution in [-0.4, -0.2) is 26.3 Å². The second-order valence-corrected chi connectivity index (χ2v) is 4.76. The van der Waals surface area contributed by atoms with Crippen LogP contribution < -0.4 is 4.90 Å². The standard InChI is InChI=1S/C12H16BrNO/c1-14(10-6-8-15-9-7-10)12-5-3-2-4-11(12)13/h2-5,10H,6-9H2,1H3. The Bertz CT molecular complexity index is 323. The molecule has 0 aromatic heterocycles. The molecule has 0 atom stereocenters. The quantitative estimate of drug-likeness (QED) is 0.819. The first-order valence-corrected chi connectivity index (χ1v) is 6.13. The summed E-state index contributed by atoms with van der Waals surface area (Å²) in [6.45, 7) is 1.78. The Balaban J connectivity index is 2.12. The largest absolute Gasteiger partial charge is 0.381 e. The van der Waals surface area contributed by atoms with Crippen molar-refractivity contribution in [3.05, 3.63) is 28.7 Å². The van der Waals surface area contributed by atoms with Crippen LogP contribution in [0.25, 0.3) is 0 Å². The highest BCUT2D eigenvalue weighted by Crippen LogP contribution is 2.28. The molecule has 2 nitrogen and oxygen atoms in total. The number of benzene rings is 1. The maximum absolute atomic E-state index is 5.38. The Morgan fingerprint density at radius 2 is 1.93 bits per heavy atom. The molecule has 0 N–H and O–H groups in total. The van der Waals surface area contributed by atoms with Crippen molar-refractivity contribution < 1.29 is 4.74 Å². The minimum absolute atomic E-state index is 0.609. The van der Waals surface area contributed by atoms with Crippen LogP contribution in [0.2, 0.25) is 0 Å². The van der Waals surface area contributed by atoms with Crippen molar-refractivity contribution in [1.82, 2.24) is 0 Å². The Kier molecular flexibility index (Phi) is 3.65. The second kappa shape index (κ2) is 4.99. The zero-order valence-corrected chi connectivity index (χ0v) is 10.5. The molecule has 0 radical (unpaired) electrons. The van der Waals surface area contributed by atoms with Gasteiger partial charge in [0.05, 0.1) is 5.69 Å². The smallest absolute Gasteiger partial charge is 0.0510 e. The highest BCUT2D eigenvalue weighted by molar-refractivity contribution is 9.10. The molecular formula is C12H16BrNO. The lowest BCUT2D eigenvalue weighted by atomic mass is 10.1. The lowest BCUT2D eigenvalue weighted by Crippen LogP contribution is -2.36. The van der Waals surface area contributed by atoms with Crippen LogP contribution in [-0.2, 0) is 4.74 Å². The van der Waals surface area contributed by atoms with Crippen molar-refractivity contribution >= 4 is 21.6 Å². The third kappa shape index (κ3) is 2.52. The van der Waals surface area contributed by atoms with Gasteiger partial charge in [0, 0.05) is 30.8 Å². The predicted octanol–water partition coefficient (Wildman–Crippen LogP) is 3.06. The van der Waals surface area contributed by atoms with Gasteiger partial charge in [0.1, 0.15) is 0 Å². The number of para-hydroxylation sites is 1. The van der Waals surface area contributed by atoms with Gasteiger partial charge in [0.25, 0.3) is 0 Å². The topological polar surface area (TPSA) is 12.5 Å². The fourth-order valence-electron chi connectivity index (χ4n) is 2.01. The normalized spacial score (nSPS) is 17.7. The molecular weight excluding hydrogens is 254 g/mol. The number of hydrogen-bond acceptors (Lipinski definition) is 2. The minimum Gasteiger partial charge on any atom is -0.381 e. The van der Waals surface area contributed by atoms with Crippen LogP contribution in [0.4, 0.5) is 5.69 Å². The molecule has 15 heavy (non-hydrogen) atoms. The molecule has 0 bridgehead atoms. The first-order valence-electron chi connectivity index (χ1n) is 5.34. The first-order chi connectivity index (χ1) is 7.29. The van der Waals surface area contributed by atoms with Gasteiger partial charge >= 0.3 is 0 Å². The Morgan fingerprint density at radius 3 is 2.60 bits per heavy atom. The summed E-state index contributed by atoms with van der Waals surface area (Å²) in [6.07, 6.45) is 2.25. The molecule has 0 saturated carbocycles. The van der Waals surface area contributed by atoms with Crippen molar-refractivity contribution in [2.75, 3.05) is 25.2 Å². The Labute approximate surface area is 99.4 Å². The molecule has 1 fully saturated rings. The zero-order valence-electron chi connectivity index (χ0n) is 8.95. The lowest BCUT2D eigenvalue weighted by Gasteiger charge is -2.33. The molecule has 82 valence electrons. The van der Waals surface area contributed by atoms with Gasteiger partial charge < -0.3 is 9.64 Å². The third-order valence-corrected chi connectivity index (χ3v) is 3.64. The lowest BCUT2D eigenvalue weighted by molar-refractivity contribution is 0.0854. The van der Waals surface area contributed by atoms with Crippen molar-refractivity contribution in [3.8, 4) is 0 Å². The molecule has 1 aliphatic heterocycles. The van der Waals surface area contributed by atoms with Crippen LogP contribution in [0.1, 0.15) is 12.8 Å².